The molecule has 33 heavy (non-hydrogen) atoms. The van der Waals surface area contributed by atoms with Crippen molar-refractivity contribution in [2.45, 2.75) is 185 Å². The molecule has 0 rings (SSSR count). The van der Waals surface area contributed by atoms with Gasteiger partial charge in [0.15, 0.2) is 0 Å². The second kappa shape index (κ2) is 17.4. The highest BCUT2D eigenvalue weighted by Gasteiger charge is 2.20. The first-order valence-electron chi connectivity index (χ1n) is 12.6. The van der Waals surface area contributed by atoms with Crippen LogP contribution in [0.1, 0.15) is 185 Å². The summed E-state index contributed by atoms with van der Waals surface area (Å²) in [4.78, 5) is 0. The van der Waals surface area contributed by atoms with Crippen LogP contribution in [-0.4, -0.2) is 0 Å². The molecule has 0 atom stereocenters. The van der Waals surface area contributed by atoms with Gasteiger partial charge in [0.2, 0.25) is 0 Å². The van der Waals surface area contributed by atoms with Gasteiger partial charge in [0.1, 0.15) is 0 Å². The zero-order chi connectivity index (χ0) is 25.2. The van der Waals surface area contributed by atoms with E-state index in [1.165, 1.54) is 38.5 Å². The smallest absolute Gasteiger partial charge is 0.0378 e. The number of hydrogen-bond donors (Lipinski definition) is 0. The minimum atomic E-state index is 0. The molecular formula is C33H78. The van der Waals surface area contributed by atoms with E-state index in [1.54, 1.807) is 0 Å². The minimum absolute atomic E-state index is 0. The second-order valence-corrected chi connectivity index (χ2v) is 16.9. The quantitative estimate of drug-likeness (QED) is 0.381. The van der Waals surface area contributed by atoms with Gasteiger partial charge < -0.3 is 0 Å². The summed E-state index contributed by atoms with van der Waals surface area (Å²) < 4.78 is 0. The molecule has 0 bridgehead atoms. The van der Waals surface area contributed by atoms with E-state index in [-0.39, 0.29) is 22.3 Å². The standard InChI is InChI=1S/C11H24.C10H22.C9H20.3CH4/c1-10(2,3)8-7-9-11(4,5)6;1-9(2,3)7-8-10(4,5)6;1-8(2,3)7-9(4,5)6;;;/h7-9H2,1-6H3;7-8H2,1-6H3;7H2,1-6H3;3*1H4. The van der Waals surface area contributed by atoms with Gasteiger partial charge in [0.05, 0.1) is 0 Å². The van der Waals surface area contributed by atoms with Crippen LogP contribution in [0.4, 0.5) is 0 Å². The number of rotatable bonds is 3. The Morgan fingerprint density at radius 1 is 0.273 bits per heavy atom. The van der Waals surface area contributed by atoms with E-state index in [0.717, 1.165) is 0 Å². The van der Waals surface area contributed by atoms with Crippen molar-refractivity contribution < 1.29 is 0 Å². The van der Waals surface area contributed by atoms with Crippen molar-refractivity contribution >= 4 is 0 Å². The Hall–Kier alpha value is 0. The van der Waals surface area contributed by atoms with Gasteiger partial charge in [-0.15, -0.1) is 0 Å². The molecule has 0 nitrogen and oxygen atoms in total. The molecule has 0 N–H and O–H groups in total. The highest BCUT2D eigenvalue weighted by Crippen LogP contribution is 2.32. The van der Waals surface area contributed by atoms with Gasteiger partial charge in [-0.25, -0.2) is 0 Å². The Morgan fingerprint density at radius 2 is 0.455 bits per heavy atom. The van der Waals surface area contributed by atoms with Crippen molar-refractivity contribution in [2.24, 2.45) is 32.5 Å². The molecule has 0 aliphatic heterocycles. The SMILES string of the molecule is C.C.C.CC(C)(C)CC(C)(C)C.CC(C)(C)CCC(C)(C)C.CC(C)(C)CCCC(C)(C)C. The van der Waals surface area contributed by atoms with E-state index < -0.39 is 0 Å². The maximum atomic E-state index is 2.32. The molecule has 0 aromatic rings. The van der Waals surface area contributed by atoms with Crippen molar-refractivity contribution in [3.63, 3.8) is 0 Å². The molecule has 0 saturated heterocycles. The maximum absolute atomic E-state index is 2.32. The Kier molecular flexibility index (Phi) is 24.5. The Labute approximate surface area is 217 Å². The van der Waals surface area contributed by atoms with E-state index in [9.17, 15) is 0 Å². The van der Waals surface area contributed by atoms with E-state index in [2.05, 4.69) is 125 Å². The van der Waals surface area contributed by atoms with Gasteiger partial charge in [0, 0.05) is 0 Å². The van der Waals surface area contributed by atoms with E-state index in [1.807, 2.05) is 0 Å². The highest BCUT2D eigenvalue weighted by atomic mass is 14.3. The fourth-order valence-corrected chi connectivity index (χ4v) is 3.49. The molecule has 0 heteroatoms. The zero-order valence-corrected chi connectivity index (χ0v) is 25.2. The highest BCUT2D eigenvalue weighted by molar-refractivity contribution is 4.71. The summed E-state index contributed by atoms with van der Waals surface area (Å²) >= 11 is 0. The van der Waals surface area contributed by atoms with Gasteiger partial charge >= 0.3 is 0 Å². The summed E-state index contributed by atoms with van der Waals surface area (Å²) in [7, 11) is 0. The molecule has 0 fully saturated rings. The van der Waals surface area contributed by atoms with Crippen molar-refractivity contribution in [1.29, 1.82) is 0 Å². The lowest BCUT2D eigenvalue weighted by molar-refractivity contribution is 0.233. The normalized spacial score (nSPS) is 12.5. The van der Waals surface area contributed by atoms with E-state index >= 15 is 0 Å². The van der Waals surface area contributed by atoms with Gasteiger partial charge in [-0.1, -0.05) is 153 Å². The molecular weight excluding hydrogens is 396 g/mol. The topological polar surface area (TPSA) is 0 Å². The first kappa shape index (κ1) is 46.4. The Morgan fingerprint density at radius 3 is 0.545 bits per heavy atom. The van der Waals surface area contributed by atoms with Crippen molar-refractivity contribution in [3.05, 3.63) is 0 Å². The third kappa shape index (κ3) is 65.3. The van der Waals surface area contributed by atoms with Crippen LogP contribution in [0.25, 0.3) is 0 Å². The molecule has 0 aliphatic rings. The molecule has 0 unspecified atom stereocenters. The predicted octanol–water partition coefficient (Wildman–Crippen LogP) is 13.5. The Balaban J connectivity index is -0.0000000796. The van der Waals surface area contributed by atoms with Gasteiger partial charge in [-0.2, -0.15) is 0 Å². The maximum Gasteiger partial charge on any atom is -0.0378 e. The van der Waals surface area contributed by atoms with E-state index in [0.29, 0.717) is 32.5 Å². The van der Waals surface area contributed by atoms with E-state index in [4.69, 9.17) is 0 Å². The van der Waals surface area contributed by atoms with Crippen LogP contribution in [0.5, 0.6) is 0 Å². The minimum Gasteiger partial charge on any atom is -0.0776 e. The van der Waals surface area contributed by atoms with Crippen LogP contribution in [0.2, 0.25) is 0 Å². The average molecular weight is 475 g/mol. The van der Waals surface area contributed by atoms with Crippen molar-refractivity contribution in [3.8, 4) is 0 Å². The summed E-state index contributed by atoms with van der Waals surface area (Å²) in [6.07, 6.45) is 8.02. The largest absolute Gasteiger partial charge is 0.0776 e. The fraction of sp³-hybridized carbons (Fsp3) is 1.00. The zero-order valence-electron chi connectivity index (χ0n) is 25.2. The summed E-state index contributed by atoms with van der Waals surface area (Å²) in [5, 5.41) is 0. The monoisotopic (exact) mass is 475 g/mol. The Bertz CT molecular complexity index is 356. The lowest BCUT2D eigenvalue weighted by atomic mass is 9.78. The molecule has 0 aromatic heterocycles. The predicted molar refractivity (Wildman–Crippen MR) is 165 cm³/mol. The fourth-order valence-electron chi connectivity index (χ4n) is 3.49. The second-order valence-electron chi connectivity index (χ2n) is 16.9. The van der Waals surface area contributed by atoms with Crippen LogP contribution in [0.3, 0.4) is 0 Å². The summed E-state index contributed by atoms with van der Waals surface area (Å²) in [6, 6.07) is 0. The summed E-state index contributed by atoms with van der Waals surface area (Å²) in [6.45, 7) is 41.5. The first-order valence-corrected chi connectivity index (χ1v) is 12.6. The van der Waals surface area contributed by atoms with Crippen molar-refractivity contribution in [1.82, 2.24) is 0 Å². The van der Waals surface area contributed by atoms with Crippen LogP contribution in [-0.2, 0) is 0 Å². The van der Waals surface area contributed by atoms with Crippen LogP contribution in [0.15, 0.2) is 0 Å². The third-order valence-electron chi connectivity index (χ3n) is 4.54. The van der Waals surface area contributed by atoms with Crippen LogP contribution < -0.4 is 0 Å². The lowest BCUT2D eigenvalue weighted by Gasteiger charge is -2.28. The molecule has 0 heterocycles. The summed E-state index contributed by atoms with van der Waals surface area (Å²) in [5.41, 5.74) is 3.02. The van der Waals surface area contributed by atoms with Crippen LogP contribution >= 0.6 is 0 Å². The van der Waals surface area contributed by atoms with Crippen LogP contribution in [0, 0.1) is 32.5 Å². The van der Waals surface area contributed by atoms with Crippen molar-refractivity contribution in [2.75, 3.05) is 0 Å². The molecule has 0 amide bonds. The molecule has 0 spiro atoms. The molecule has 0 saturated carbocycles. The summed E-state index contributed by atoms with van der Waals surface area (Å²) in [5.74, 6) is 0. The number of hydrogen-bond acceptors (Lipinski definition) is 0. The molecule has 0 aliphatic carbocycles. The third-order valence-corrected chi connectivity index (χ3v) is 4.54. The van der Waals surface area contributed by atoms with Gasteiger partial charge in [-0.05, 0) is 64.6 Å². The average Bonchev–Trinajstić information content (AvgIpc) is 2.28. The first-order chi connectivity index (χ1) is 12.6. The molecule has 210 valence electrons. The molecule has 0 aromatic carbocycles. The lowest BCUT2D eigenvalue weighted by Crippen LogP contribution is -2.16. The van der Waals surface area contributed by atoms with Gasteiger partial charge in [-0.3, -0.25) is 0 Å². The van der Waals surface area contributed by atoms with Gasteiger partial charge in [0.25, 0.3) is 0 Å². The molecule has 0 radical (unpaired) electrons.